The molecule has 0 saturated carbocycles. The number of rotatable bonds is 14. The molecule has 4 rings (SSSR count). The molecule has 0 fully saturated rings. The number of aryl methyl sites for hydroxylation is 2. The van der Waals surface area contributed by atoms with Gasteiger partial charge in [-0.05, 0) is 94.3 Å². The molecule has 51 heavy (non-hydrogen) atoms. The van der Waals surface area contributed by atoms with E-state index in [2.05, 4.69) is 0 Å². The quantitative estimate of drug-likeness (QED) is 0.0681. The van der Waals surface area contributed by atoms with Crippen molar-refractivity contribution in [2.24, 2.45) is 0 Å². The van der Waals surface area contributed by atoms with E-state index in [1.165, 1.54) is 22.9 Å². The van der Waals surface area contributed by atoms with E-state index in [1.807, 2.05) is 13.8 Å². The molecule has 15 heteroatoms. The van der Waals surface area contributed by atoms with Crippen molar-refractivity contribution in [1.29, 1.82) is 0 Å². The number of hydrogen-bond donors (Lipinski definition) is 0. The van der Waals surface area contributed by atoms with Crippen LogP contribution in [0.25, 0.3) is 9.75 Å². The maximum Gasteiger partial charge on any atom is 0.415 e. The number of alkyl halides is 12. The zero-order chi connectivity index (χ0) is 37.8. The van der Waals surface area contributed by atoms with Crippen LogP contribution in [0.2, 0.25) is 0 Å². The van der Waals surface area contributed by atoms with Crippen molar-refractivity contribution in [3.8, 4) is 9.75 Å². The average Bonchev–Trinajstić information content (AvgIpc) is 3.73. The molecule has 0 aliphatic rings. The second-order valence-corrected chi connectivity index (χ2v) is 14.3. The van der Waals surface area contributed by atoms with E-state index in [9.17, 15) is 0 Å². The van der Waals surface area contributed by atoms with E-state index < -0.39 is 70.1 Å². The van der Waals surface area contributed by atoms with Gasteiger partial charge in [-0.25, -0.2) is 0 Å². The summed E-state index contributed by atoms with van der Waals surface area (Å²) in [5.41, 5.74) is -12.4. The molecule has 0 bridgehead atoms. The largest absolute Gasteiger partial charge is 0.415 e. The van der Waals surface area contributed by atoms with Crippen molar-refractivity contribution in [2.45, 2.75) is 103 Å². The standard InChI is InChI=1S/C36H35BF12S2/c1-3-5-7-9-12-22-18-24(33(38,39)40)30(25(19-22)34(41,42)43)37(28-15-17-51-32(28)29-14-11-16-50-29)31-26(35(44,45)46)20-23(13-10-8-6-4-2)21-27(31)36(47,48)49/h11,14-21H,3-10,12-13H2,1-2H3. The number of hydrogen-bond acceptors (Lipinski definition) is 2. The highest BCUT2D eigenvalue weighted by atomic mass is 32.1. The first kappa shape index (κ1) is 40.8. The van der Waals surface area contributed by atoms with E-state index in [1.54, 1.807) is 0 Å². The minimum absolute atomic E-state index is 0.0372. The van der Waals surface area contributed by atoms with Gasteiger partial charge in [-0.1, -0.05) is 64.5 Å². The molecule has 0 nitrogen and oxygen atoms in total. The zero-order valence-electron chi connectivity index (χ0n) is 27.7. The van der Waals surface area contributed by atoms with Crippen molar-refractivity contribution in [3.63, 3.8) is 0 Å². The van der Waals surface area contributed by atoms with Crippen LogP contribution in [0, 0.1) is 0 Å². The summed E-state index contributed by atoms with van der Waals surface area (Å²) in [6.45, 7) is 0.950. The lowest BCUT2D eigenvalue weighted by Crippen LogP contribution is -2.59. The van der Waals surface area contributed by atoms with Gasteiger partial charge in [0, 0.05) is 9.75 Å². The third-order valence-corrected chi connectivity index (χ3v) is 10.6. The summed E-state index contributed by atoms with van der Waals surface area (Å²) >= 11 is 1.80. The highest BCUT2D eigenvalue weighted by Crippen LogP contribution is 2.40. The van der Waals surface area contributed by atoms with Crippen LogP contribution in [0.5, 0.6) is 0 Å². The maximum absolute atomic E-state index is 15.1. The monoisotopic (exact) mass is 770 g/mol. The predicted molar refractivity (Wildman–Crippen MR) is 181 cm³/mol. The Balaban J connectivity index is 2.21. The van der Waals surface area contributed by atoms with Gasteiger partial charge in [-0.2, -0.15) is 52.7 Å². The Morgan fingerprint density at radius 2 is 0.922 bits per heavy atom. The maximum atomic E-state index is 15.1. The summed E-state index contributed by atoms with van der Waals surface area (Å²) < 4.78 is 181. The van der Waals surface area contributed by atoms with E-state index in [4.69, 9.17) is 0 Å². The summed E-state index contributed by atoms with van der Waals surface area (Å²) in [7, 11) is 0. The smallest absolute Gasteiger partial charge is 0.166 e. The second kappa shape index (κ2) is 16.4. The minimum atomic E-state index is -5.58. The Bertz CT molecular complexity index is 1570. The molecule has 0 amide bonds. The summed E-state index contributed by atoms with van der Waals surface area (Å²) in [5.74, 6) is 0. The first-order valence-electron chi connectivity index (χ1n) is 16.5. The summed E-state index contributed by atoms with van der Waals surface area (Å²) in [6, 6.07) is 5.76. The minimum Gasteiger partial charge on any atom is -0.166 e. The van der Waals surface area contributed by atoms with Gasteiger partial charge in [0.15, 0.2) is 0 Å². The van der Waals surface area contributed by atoms with Gasteiger partial charge >= 0.3 is 24.7 Å². The molecule has 2 aromatic heterocycles. The van der Waals surface area contributed by atoms with Gasteiger partial charge < -0.3 is 0 Å². The third kappa shape index (κ3) is 9.94. The van der Waals surface area contributed by atoms with Crippen molar-refractivity contribution in [3.05, 3.63) is 86.6 Å². The van der Waals surface area contributed by atoms with E-state index in [0.717, 1.165) is 41.6 Å². The molecule has 0 aliphatic heterocycles. The van der Waals surface area contributed by atoms with Gasteiger partial charge in [0.2, 0.25) is 6.71 Å². The van der Waals surface area contributed by atoms with E-state index in [0.29, 0.717) is 49.9 Å². The Labute approximate surface area is 297 Å². The molecule has 0 unspecified atom stereocenters. The van der Waals surface area contributed by atoms with Crippen molar-refractivity contribution < 1.29 is 52.7 Å². The van der Waals surface area contributed by atoms with Crippen LogP contribution in [-0.4, -0.2) is 6.71 Å². The number of unbranched alkanes of at least 4 members (excludes halogenated alkanes) is 6. The Hall–Kier alpha value is -2.94. The Kier molecular flexibility index (Phi) is 13.1. The molecule has 0 atom stereocenters. The molecular weight excluding hydrogens is 735 g/mol. The third-order valence-electron chi connectivity index (χ3n) is 8.67. The first-order chi connectivity index (χ1) is 23.8. The van der Waals surface area contributed by atoms with Crippen molar-refractivity contribution in [2.75, 3.05) is 0 Å². The zero-order valence-corrected chi connectivity index (χ0v) is 29.3. The molecular formula is C36H35BF12S2. The van der Waals surface area contributed by atoms with Gasteiger partial charge in [0.05, 0.1) is 22.3 Å². The fourth-order valence-electron chi connectivity index (χ4n) is 6.40. The molecule has 278 valence electrons. The second-order valence-electron chi connectivity index (χ2n) is 12.4. The SMILES string of the molecule is CCCCCCc1cc(C(F)(F)F)c(B(c2ccsc2-c2cccs2)c2c(C(F)(F)F)cc(CCCCCC)cc2C(F)(F)F)c(C(F)(F)F)c1. The van der Waals surface area contributed by atoms with Gasteiger partial charge in [-0.3, -0.25) is 0 Å². The number of halogens is 12. The average molecular weight is 771 g/mol. The molecule has 0 aliphatic carbocycles. The van der Waals surface area contributed by atoms with Crippen LogP contribution < -0.4 is 16.4 Å². The Morgan fingerprint density at radius 1 is 0.510 bits per heavy atom. The molecule has 0 N–H and O–H groups in total. The molecule has 0 radical (unpaired) electrons. The van der Waals surface area contributed by atoms with Crippen LogP contribution in [-0.2, 0) is 37.5 Å². The highest BCUT2D eigenvalue weighted by molar-refractivity contribution is 7.22. The summed E-state index contributed by atoms with van der Waals surface area (Å²) in [5, 5.41) is 2.77. The first-order valence-corrected chi connectivity index (χ1v) is 18.3. The fourth-order valence-corrected chi connectivity index (χ4v) is 8.23. The topological polar surface area (TPSA) is 0 Å². The van der Waals surface area contributed by atoms with E-state index >= 15 is 52.7 Å². The normalized spacial score (nSPS) is 12.9. The number of benzene rings is 2. The molecule has 0 saturated heterocycles. The van der Waals surface area contributed by atoms with Crippen LogP contribution in [0.15, 0.2) is 53.2 Å². The highest BCUT2D eigenvalue weighted by Gasteiger charge is 2.51. The Morgan fingerprint density at radius 3 is 1.25 bits per heavy atom. The lowest BCUT2D eigenvalue weighted by atomic mass is 9.33. The van der Waals surface area contributed by atoms with Crippen LogP contribution in [0.1, 0.15) is 98.6 Å². The molecule has 2 aromatic carbocycles. The summed E-state index contributed by atoms with van der Waals surface area (Å²) in [6.07, 6.45) is -18.5. The van der Waals surface area contributed by atoms with Gasteiger partial charge in [0.25, 0.3) is 0 Å². The molecule has 2 heterocycles. The molecule has 0 spiro atoms. The van der Waals surface area contributed by atoms with E-state index in [-0.39, 0.29) is 46.6 Å². The predicted octanol–water partition coefficient (Wildman–Crippen LogP) is 12.3. The lowest BCUT2D eigenvalue weighted by molar-refractivity contribution is -0.142. The number of thiophene rings is 2. The van der Waals surface area contributed by atoms with Crippen LogP contribution in [0.4, 0.5) is 52.7 Å². The summed E-state index contributed by atoms with van der Waals surface area (Å²) in [4.78, 5) is 0.221. The fraction of sp³-hybridized carbons (Fsp3) is 0.444. The van der Waals surface area contributed by atoms with Crippen LogP contribution in [0.3, 0.4) is 0 Å². The van der Waals surface area contributed by atoms with Gasteiger partial charge in [-0.15, -0.1) is 22.7 Å². The van der Waals surface area contributed by atoms with Crippen molar-refractivity contribution >= 4 is 45.8 Å². The lowest BCUT2D eigenvalue weighted by Gasteiger charge is -2.30. The van der Waals surface area contributed by atoms with Gasteiger partial charge in [0.1, 0.15) is 0 Å². The van der Waals surface area contributed by atoms with Crippen LogP contribution >= 0.6 is 22.7 Å². The van der Waals surface area contributed by atoms with Crippen molar-refractivity contribution in [1.82, 2.24) is 0 Å². The molecule has 4 aromatic rings.